The summed E-state index contributed by atoms with van der Waals surface area (Å²) in [7, 11) is 1.99. The van der Waals surface area contributed by atoms with Crippen molar-refractivity contribution in [3.05, 3.63) is 116 Å². The van der Waals surface area contributed by atoms with Crippen LogP contribution in [0.3, 0.4) is 0 Å². The second kappa shape index (κ2) is 10.7. The minimum absolute atomic E-state index is 0. The van der Waals surface area contributed by atoms with E-state index in [-0.39, 0.29) is 26.5 Å². The molecule has 0 fully saturated rings. The molecule has 2 aromatic heterocycles. The summed E-state index contributed by atoms with van der Waals surface area (Å²) in [5.41, 5.74) is 5.32. The second-order valence-electron chi connectivity index (χ2n) is 11.0. The van der Waals surface area contributed by atoms with Gasteiger partial charge in [0.1, 0.15) is 11.6 Å². The van der Waals surface area contributed by atoms with Crippen molar-refractivity contribution >= 4 is 50.9 Å². The van der Waals surface area contributed by atoms with Gasteiger partial charge in [-0.15, -0.1) is 69.1 Å². The Balaban J connectivity index is 0.00000302. The average molecular weight is 733 g/mol. The van der Waals surface area contributed by atoms with Gasteiger partial charge in [-0.2, -0.15) is 42.5 Å². The van der Waals surface area contributed by atoms with Crippen molar-refractivity contribution in [2.45, 2.75) is 36.0 Å². The van der Waals surface area contributed by atoms with Crippen LogP contribution in [-0.2, 0) is 26.5 Å². The second-order valence-corrected chi connectivity index (χ2v) is 12.0. The molecular weight excluding hydrogens is 706 g/mol. The van der Waals surface area contributed by atoms with Crippen LogP contribution in [0.4, 0.5) is 17.3 Å². The molecule has 7 heteroatoms. The van der Waals surface area contributed by atoms with E-state index in [9.17, 15) is 0 Å². The predicted molar refractivity (Wildman–Crippen MR) is 163 cm³/mol. The first-order valence-electron chi connectivity index (χ1n) is 13.2. The summed E-state index contributed by atoms with van der Waals surface area (Å²) in [6.07, 6.45) is 3.46. The molecule has 0 N–H and O–H groups in total. The molecule has 0 radical (unpaired) electrons. The van der Waals surface area contributed by atoms with Crippen molar-refractivity contribution in [2.24, 2.45) is 0 Å². The molecule has 6 aromatic rings. The normalized spacial score (nSPS) is 13.1. The Kier molecular flexibility index (Phi) is 7.17. The van der Waals surface area contributed by atoms with Gasteiger partial charge in [-0.25, -0.2) is 9.97 Å². The van der Waals surface area contributed by atoms with E-state index in [1.807, 2.05) is 30.7 Å². The maximum absolute atomic E-state index is 4.62. The van der Waals surface area contributed by atoms with E-state index in [4.69, 9.17) is 0 Å². The molecule has 3 heterocycles. The third-order valence-corrected chi connectivity index (χ3v) is 8.08. The largest absolute Gasteiger partial charge is 4.00 e. The number of nitrogens with zero attached hydrogens (tertiary/aromatic N) is 5. The van der Waals surface area contributed by atoms with Crippen LogP contribution in [0.2, 0.25) is 0 Å². The molecule has 1 aliphatic heterocycles. The Morgan fingerprint density at radius 3 is 2.37 bits per heavy atom. The molecule has 4 aromatic carbocycles. The summed E-state index contributed by atoms with van der Waals surface area (Å²) in [5.74, 6) is 1.63. The van der Waals surface area contributed by atoms with Crippen molar-refractivity contribution in [1.29, 1.82) is 0 Å². The van der Waals surface area contributed by atoms with Crippen molar-refractivity contribution in [3.8, 4) is 5.69 Å². The van der Waals surface area contributed by atoms with Crippen molar-refractivity contribution in [2.75, 3.05) is 16.8 Å². The van der Waals surface area contributed by atoms with Crippen molar-refractivity contribution < 1.29 is 21.1 Å². The first-order valence-corrected chi connectivity index (χ1v) is 14.0. The smallest absolute Gasteiger partial charge is 0.487 e. The fraction of sp³-hybridized carbons (Fsp3) is 0.147. The molecule has 0 saturated carbocycles. The molecule has 41 heavy (non-hydrogen) atoms. The SMILES string of the molecule is CN1[CH-]N(c2[c-]c(Sc3[c-]c4c(cc3)c3ccccc3n4-c3[c-]cccc3)cc(C(C)(C)C)c2)c2nccnc21.[Pt+4]. The number of rotatable bonds is 4. The van der Waals surface area contributed by atoms with Gasteiger partial charge in [0.05, 0.1) is 0 Å². The van der Waals surface area contributed by atoms with Crippen molar-refractivity contribution in [1.82, 2.24) is 14.5 Å². The van der Waals surface area contributed by atoms with E-state index in [0.29, 0.717) is 0 Å². The van der Waals surface area contributed by atoms with Gasteiger partial charge in [-0.3, -0.25) is 0 Å². The minimum atomic E-state index is -0.0424. The molecular formula is C34H27N5PtS. The van der Waals surface area contributed by atoms with Gasteiger partial charge in [-0.05, 0) is 23.9 Å². The van der Waals surface area contributed by atoms with E-state index in [2.05, 4.69) is 119 Å². The number of fused-ring (bicyclic) bond motifs is 4. The topological polar surface area (TPSA) is 37.2 Å². The summed E-state index contributed by atoms with van der Waals surface area (Å²) >= 11 is 1.68. The Bertz CT molecular complexity index is 1880. The Morgan fingerprint density at radius 1 is 0.805 bits per heavy atom. The average Bonchev–Trinajstić information content (AvgIpc) is 3.47. The summed E-state index contributed by atoms with van der Waals surface area (Å²) in [4.78, 5) is 15.3. The van der Waals surface area contributed by atoms with E-state index >= 15 is 0 Å². The van der Waals surface area contributed by atoms with Crippen LogP contribution in [0.15, 0.2) is 95.0 Å². The molecule has 0 spiro atoms. The molecule has 0 bridgehead atoms. The van der Waals surface area contributed by atoms with E-state index in [1.54, 1.807) is 24.2 Å². The molecule has 0 aliphatic carbocycles. The van der Waals surface area contributed by atoms with Crippen molar-refractivity contribution in [3.63, 3.8) is 0 Å². The van der Waals surface area contributed by atoms with Gasteiger partial charge in [-0.1, -0.05) is 50.2 Å². The van der Waals surface area contributed by atoms with Crippen LogP contribution in [0.1, 0.15) is 26.3 Å². The van der Waals surface area contributed by atoms with Crippen LogP contribution < -0.4 is 9.80 Å². The Morgan fingerprint density at radius 2 is 1.59 bits per heavy atom. The maximum atomic E-state index is 4.62. The van der Waals surface area contributed by atoms with Gasteiger partial charge in [0, 0.05) is 17.9 Å². The molecule has 5 nitrogen and oxygen atoms in total. The van der Waals surface area contributed by atoms with Crippen LogP contribution in [0, 0.1) is 24.9 Å². The van der Waals surface area contributed by atoms with Gasteiger partial charge < -0.3 is 14.4 Å². The predicted octanol–water partition coefficient (Wildman–Crippen LogP) is 8.13. The van der Waals surface area contributed by atoms with Gasteiger partial charge in [0.25, 0.3) is 0 Å². The number of aromatic nitrogens is 3. The molecule has 0 unspecified atom stereocenters. The third-order valence-electron chi connectivity index (χ3n) is 7.18. The Hall–Kier alpha value is -3.60. The standard InChI is InChI=1S/C34H27N5S.Pt/c1-34(2,3)23-18-25(38-22-37(4)32-33(38)36-17-16-35-32)20-27(19-23)40-26-14-15-29-28-12-8-9-13-30(28)39(31(29)21-26)24-10-6-5-7-11-24;/h5-10,12-19,22H,1-4H3;/q-4;+4. The quantitative estimate of drug-likeness (QED) is 0.171. The number of hydrogen-bond acceptors (Lipinski definition) is 5. The molecule has 0 saturated heterocycles. The zero-order chi connectivity index (χ0) is 27.4. The number of anilines is 3. The summed E-state index contributed by atoms with van der Waals surface area (Å²) < 4.78 is 2.25. The van der Waals surface area contributed by atoms with Gasteiger partial charge >= 0.3 is 21.1 Å². The molecule has 0 atom stereocenters. The molecule has 0 amide bonds. The van der Waals surface area contributed by atoms with E-state index in [0.717, 1.165) is 43.8 Å². The summed E-state index contributed by atoms with van der Waals surface area (Å²) in [6, 6.07) is 36.2. The number of para-hydroxylation sites is 2. The first-order chi connectivity index (χ1) is 19.4. The zero-order valence-electron chi connectivity index (χ0n) is 23.1. The fourth-order valence-corrected chi connectivity index (χ4v) is 6.03. The summed E-state index contributed by atoms with van der Waals surface area (Å²) in [6.45, 7) is 8.73. The van der Waals surface area contributed by atoms with E-state index < -0.39 is 0 Å². The monoisotopic (exact) mass is 732 g/mol. The summed E-state index contributed by atoms with van der Waals surface area (Å²) in [5, 5.41) is 2.38. The van der Waals surface area contributed by atoms with Crippen LogP contribution in [0.5, 0.6) is 0 Å². The Labute approximate surface area is 259 Å². The fourth-order valence-electron chi connectivity index (χ4n) is 5.17. The van der Waals surface area contributed by atoms with Crippen LogP contribution in [-0.4, -0.2) is 21.6 Å². The zero-order valence-corrected chi connectivity index (χ0v) is 26.2. The van der Waals surface area contributed by atoms with Crippen LogP contribution in [0.25, 0.3) is 27.5 Å². The van der Waals surface area contributed by atoms with Crippen LogP contribution >= 0.6 is 11.8 Å². The first kappa shape index (κ1) is 27.6. The maximum Gasteiger partial charge on any atom is 4.00 e. The van der Waals surface area contributed by atoms with E-state index in [1.165, 1.54) is 16.3 Å². The molecule has 7 rings (SSSR count). The minimum Gasteiger partial charge on any atom is -0.487 e. The number of hydrogen-bond donors (Lipinski definition) is 0. The third kappa shape index (κ3) is 4.94. The molecule has 1 aliphatic rings. The molecule has 204 valence electrons. The van der Waals surface area contributed by atoms with Gasteiger partial charge in [0.2, 0.25) is 0 Å². The van der Waals surface area contributed by atoms with Gasteiger partial charge in [0.15, 0.2) is 0 Å². The number of benzene rings is 4.